The molecular formula is C20H24N2O3S. The standard InChI is InChI=1S/C20H24N2O3S/c1-5-10-21-18(23)15(4)25-20(24)17-7-6-11-22-19(17)26-16-9-8-13(2)14(3)12-16/h6-9,11-12,15H,5,10H2,1-4H3,(H,21,23)/t15-/m0/s1. The minimum Gasteiger partial charge on any atom is -0.449 e. The third kappa shape index (κ3) is 5.33. The highest BCUT2D eigenvalue weighted by Crippen LogP contribution is 2.30. The van der Waals surface area contributed by atoms with Gasteiger partial charge in [-0.05, 0) is 62.6 Å². The number of amides is 1. The number of nitrogens with zero attached hydrogens (tertiary/aromatic N) is 1. The second-order valence-corrected chi connectivity index (χ2v) is 7.11. The number of aryl methyl sites for hydroxylation is 2. The van der Waals surface area contributed by atoms with Crippen molar-refractivity contribution in [2.45, 2.75) is 50.1 Å². The Labute approximate surface area is 158 Å². The lowest BCUT2D eigenvalue weighted by Gasteiger charge is -2.14. The molecule has 0 radical (unpaired) electrons. The molecule has 1 N–H and O–H groups in total. The summed E-state index contributed by atoms with van der Waals surface area (Å²) in [5.74, 6) is -0.851. The number of hydrogen-bond donors (Lipinski definition) is 1. The summed E-state index contributed by atoms with van der Waals surface area (Å²) in [6.45, 7) is 8.18. The van der Waals surface area contributed by atoms with Gasteiger partial charge in [-0.2, -0.15) is 0 Å². The summed E-state index contributed by atoms with van der Waals surface area (Å²) >= 11 is 1.40. The molecule has 0 fully saturated rings. The fourth-order valence-electron chi connectivity index (χ4n) is 2.19. The number of nitrogens with one attached hydrogen (secondary N) is 1. The van der Waals surface area contributed by atoms with E-state index < -0.39 is 12.1 Å². The lowest BCUT2D eigenvalue weighted by atomic mass is 10.1. The lowest BCUT2D eigenvalue weighted by molar-refractivity contribution is -0.129. The second kappa shape index (κ2) is 9.38. The van der Waals surface area contributed by atoms with Gasteiger partial charge in [-0.25, -0.2) is 9.78 Å². The van der Waals surface area contributed by atoms with Gasteiger partial charge in [0.05, 0.1) is 5.56 Å². The predicted molar refractivity (Wildman–Crippen MR) is 102 cm³/mol. The molecule has 6 heteroatoms. The summed E-state index contributed by atoms with van der Waals surface area (Å²) in [6.07, 6.45) is 1.61. The van der Waals surface area contributed by atoms with Crippen LogP contribution in [0.15, 0.2) is 46.5 Å². The molecule has 2 aromatic rings. The van der Waals surface area contributed by atoms with E-state index in [1.54, 1.807) is 25.3 Å². The van der Waals surface area contributed by atoms with Crippen LogP contribution < -0.4 is 5.32 Å². The van der Waals surface area contributed by atoms with Crippen molar-refractivity contribution in [3.05, 3.63) is 53.2 Å². The maximum absolute atomic E-state index is 12.5. The van der Waals surface area contributed by atoms with E-state index in [9.17, 15) is 9.59 Å². The van der Waals surface area contributed by atoms with E-state index in [4.69, 9.17) is 4.74 Å². The zero-order chi connectivity index (χ0) is 19.1. The van der Waals surface area contributed by atoms with Crippen LogP contribution in [-0.2, 0) is 9.53 Å². The van der Waals surface area contributed by atoms with E-state index in [0.29, 0.717) is 17.1 Å². The van der Waals surface area contributed by atoms with Crippen LogP contribution >= 0.6 is 11.8 Å². The number of pyridine rings is 1. The Morgan fingerprint density at radius 2 is 2.00 bits per heavy atom. The van der Waals surface area contributed by atoms with Gasteiger partial charge in [0.25, 0.3) is 5.91 Å². The van der Waals surface area contributed by atoms with Gasteiger partial charge in [-0.15, -0.1) is 0 Å². The first-order valence-electron chi connectivity index (χ1n) is 8.61. The van der Waals surface area contributed by atoms with E-state index >= 15 is 0 Å². The molecule has 26 heavy (non-hydrogen) atoms. The van der Waals surface area contributed by atoms with Gasteiger partial charge in [0, 0.05) is 17.6 Å². The van der Waals surface area contributed by atoms with Crippen molar-refractivity contribution >= 4 is 23.6 Å². The van der Waals surface area contributed by atoms with Gasteiger partial charge in [0.2, 0.25) is 0 Å². The first-order chi connectivity index (χ1) is 12.4. The van der Waals surface area contributed by atoms with Crippen LogP contribution in [0.1, 0.15) is 41.8 Å². The Bertz CT molecular complexity index is 792. The van der Waals surface area contributed by atoms with Gasteiger partial charge < -0.3 is 10.1 Å². The van der Waals surface area contributed by atoms with Crippen molar-refractivity contribution in [2.24, 2.45) is 0 Å². The minimum absolute atomic E-state index is 0.299. The molecule has 0 aliphatic heterocycles. The number of rotatable bonds is 7. The monoisotopic (exact) mass is 372 g/mol. The van der Waals surface area contributed by atoms with Crippen molar-refractivity contribution in [3.63, 3.8) is 0 Å². The van der Waals surface area contributed by atoms with Crippen molar-refractivity contribution in [2.75, 3.05) is 6.54 Å². The lowest BCUT2D eigenvalue weighted by Crippen LogP contribution is -2.36. The van der Waals surface area contributed by atoms with Crippen molar-refractivity contribution < 1.29 is 14.3 Å². The van der Waals surface area contributed by atoms with Gasteiger partial charge in [0.1, 0.15) is 5.03 Å². The molecule has 0 spiro atoms. The number of aromatic nitrogens is 1. The van der Waals surface area contributed by atoms with E-state index in [0.717, 1.165) is 11.3 Å². The summed E-state index contributed by atoms with van der Waals surface area (Å²) in [7, 11) is 0. The van der Waals surface area contributed by atoms with Crippen LogP contribution in [0.25, 0.3) is 0 Å². The maximum atomic E-state index is 12.5. The van der Waals surface area contributed by atoms with Crippen LogP contribution in [0.5, 0.6) is 0 Å². The highest BCUT2D eigenvalue weighted by Gasteiger charge is 2.21. The van der Waals surface area contributed by atoms with Crippen molar-refractivity contribution in [1.29, 1.82) is 0 Å². The first kappa shape index (κ1) is 20.0. The quantitative estimate of drug-likeness (QED) is 0.746. The molecule has 0 saturated carbocycles. The van der Waals surface area contributed by atoms with Gasteiger partial charge in [-0.1, -0.05) is 24.8 Å². The largest absolute Gasteiger partial charge is 0.449 e. The Morgan fingerprint density at radius 1 is 1.23 bits per heavy atom. The molecule has 5 nitrogen and oxygen atoms in total. The molecular weight excluding hydrogens is 348 g/mol. The molecule has 2 rings (SSSR count). The summed E-state index contributed by atoms with van der Waals surface area (Å²) in [4.78, 5) is 29.7. The predicted octanol–water partition coefficient (Wildman–Crippen LogP) is 3.92. The zero-order valence-corrected chi connectivity index (χ0v) is 16.4. The van der Waals surface area contributed by atoms with E-state index in [1.807, 2.05) is 26.0 Å². The normalized spacial score (nSPS) is 11.7. The molecule has 0 bridgehead atoms. The van der Waals surface area contributed by atoms with Crippen LogP contribution in [0, 0.1) is 13.8 Å². The van der Waals surface area contributed by atoms with Gasteiger partial charge >= 0.3 is 5.97 Å². The number of esters is 1. The first-order valence-corrected chi connectivity index (χ1v) is 9.42. The highest BCUT2D eigenvalue weighted by molar-refractivity contribution is 7.99. The SMILES string of the molecule is CCCNC(=O)[C@H](C)OC(=O)c1cccnc1Sc1ccc(C)c(C)c1. The summed E-state index contributed by atoms with van der Waals surface area (Å²) in [5, 5.41) is 3.28. The van der Waals surface area contributed by atoms with E-state index in [-0.39, 0.29) is 5.91 Å². The van der Waals surface area contributed by atoms with Crippen LogP contribution in [0.2, 0.25) is 0 Å². The fourth-order valence-corrected chi connectivity index (χ4v) is 3.16. The Hall–Kier alpha value is -2.34. The molecule has 1 amide bonds. The maximum Gasteiger partial charge on any atom is 0.341 e. The number of hydrogen-bond acceptors (Lipinski definition) is 5. The smallest absolute Gasteiger partial charge is 0.341 e. The summed E-state index contributed by atoms with van der Waals surface area (Å²) in [5.41, 5.74) is 2.74. The number of ether oxygens (including phenoxy) is 1. The summed E-state index contributed by atoms with van der Waals surface area (Å²) < 4.78 is 5.31. The third-order valence-electron chi connectivity index (χ3n) is 3.89. The van der Waals surface area contributed by atoms with Gasteiger partial charge in [-0.3, -0.25) is 4.79 Å². The third-order valence-corrected chi connectivity index (χ3v) is 4.89. The Morgan fingerprint density at radius 3 is 2.69 bits per heavy atom. The number of carbonyl (C=O) groups is 2. The highest BCUT2D eigenvalue weighted by atomic mass is 32.2. The number of carbonyl (C=O) groups excluding carboxylic acids is 2. The average Bonchev–Trinajstić information content (AvgIpc) is 2.63. The Kier molecular flexibility index (Phi) is 7.21. The molecule has 0 aliphatic rings. The molecule has 1 heterocycles. The van der Waals surface area contributed by atoms with Crippen LogP contribution in [0.3, 0.4) is 0 Å². The minimum atomic E-state index is -0.853. The summed E-state index contributed by atoms with van der Waals surface area (Å²) in [6, 6.07) is 9.44. The zero-order valence-electron chi connectivity index (χ0n) is 15.5. The Balaban J connectivity index is 2.13. The average molecular weight is 372 g/mol. The molecule has 0 aliphatic carbocycles. The topological polar surface area (TPSA) is 68.3 Å². The van der Waals surface area contributed by atoms with Gasteiger partial charge in [0.15, 0.2) is 6.10 Å². The molecule has 0 saturated heterocycles. The van der Waals surface area contributed by atoms with Crippen LogP contribution in [0.4, 0.5) is 0 Å². The van der Waals surface area contributed by atoms with Crippen LogP contribution in [-0.4, -0.2) is 29.5 Å². The second-order valence-electron chi connectivity index (χ2n) is 6.04. The van der Waals surface area contributed by atoms with Crippen molar-refractivity contribution in [3.8, 4) is 0 Å². The van der Waals surface area contributed by atoms with E-state index in [2.05, 4.69) is 23.3 Å². The fraction of sp³-hybridized carbons (Fsp3) is 0.350. The van der Waals surface area contributed by atoms with Crippen molar-refractivity contribution in [1.82, 2.24) is 10.3 Å². The molecule has 1 aromatic heterocycles. The molecule has 1 aromatic carbocycles. The molecule has 0 unspecified atom stereocenters. The molecule has 138 valence electrons. The molecule has 1 atom stereocenters. The van der Waals surface area contributed by atoms with E-state index in [1.165, 1.54) is 22.9 Å². The number of benzene rings is 1.